The summed E-state index contributed by atoms with van der Waals surface area (Å²) < 4.78 is 81.9. The molecule has 0 aliphatic rings. The molecule has 2 aromatic carbocycles. The van der Waals surface area contributed by atoms with Crippen LogP contribution in [-0.4, -0.2) is 45.0 Å². The van der Waals surface area contributed by atoms with Crippen molar-refractivity contribution >= 4 is 35.8 Å². The van der Waals surface area contributed by atoms with E-state index >= 15 is 0 Å². The van der Waals surface area contributed by atoms with Crippen LogP contribution in [0.1, 0.15) is 6.92 Å². The molecule has 1 unspecified atom stereocenters. The summed E-state index contributed by atoms with van der Waals surface area (Å²) in [5, 5.41) is 5.02. The number of hydrogen-bond acceptors (Lipinski definition) is 7. The average molecular weight is 464 g/mol. The maximum atomic E-state index is 12.5. The highest BCUT2D eigenvalue weighted by Gasteiger charge is 2.20. The van der Waals surface area contributed by atoms with Crippen molar-refractivity contribution in [1.29, 1.82) is 0 Å². The first-order valence-electron chi connectivity index (χ1n) is 8.12. The zero-order valence-corrected chi connectivity index (χ0v) is 18.0. The van der Waals surface area contributed by atoms with E-state index < -0.39 is 36.1 Å². The highest BCUT2D eigenvalue weighted by atomic mass is 32.2. The molecule has 29 heavy (non-hydrogen) atoms. The second-order valence-corrected chi connectivity index (χ2v) is 11.1. The second kappa shape index (κ2) is 8.77. The molecular weight excluding hydrogens is 442 g/mol. The summed E-state index contributed by atoms with van der Waals surface area (Å²) in [6, 6.07) is 9.12. The van der Waals surface area contributed by atoms with Gasteiger partial charge in [-0.05, 0) is 49.4 Å². The van der Waals surface area contributed by atoms with Gasteiger partial charge in [-0.15, -0.1) is 0 Å². The number of benzene rings is 2. The van der Waals surface area contributed by atoms with Crippen LogP contribution in [0.3, 0.4) is 0 Å². The highest BCUT2D eigenvalue weighted by molar-refractivity contribution is 7.93. The molecule has 0 spiro atoms. The summed E-state index contributed by atoms with van der Waals surface area (Å²) in [5.41, 5.74) is 0.0925. The van der Waals surface area contributed by atoms with Gasteiger partial charge in [0.2, 0.25) is 20.0 Å². The van der Waals surface area contributed by atoms with Crippen molar-refractivity contribution in [3.8, 4) is 0 Å². The van der Waals surface area contributed by atoms with Crippen LogP contribution in [0.5, 0.6) is 0 Å². The number of methoxy groups -OCH3 is 1. The normalized spacial score (nSPS) is 13.8. The average Bonchev–Trinajstić information content (AvgIpc) is 2.61. The number of primary sulfonamides is 1. The Morgan fingerprint density at radius 3 is 2.03 bits per heavy atom. The van der Waals surface area contributed by atoms with Crippen LogP contribution in [0.15, 0.2) is 63.2 Å². The third kappa shape index (κ3) is 6.22. The smallest absolute Gasteiger partial charge is 0.261 e. The molecule has 160 valence electrons. The van der Waals surface area contributed by atoms with Gasteiger partial charge in [-0.1, -0.05) is 6.07 Å². The fraction of sp³-hybridized carbons (Fsp3) is 0.250. The lowest BCUT2D eigenvalue weighted by molar-refractivity contribution is 0.180. The van der Waals surface area contributed by atoms with E-state index in [1.807, 2.05) is 0 Å². The van der Waals surface area contributed by atoms with Crippen LogP contribution < -0.4 is 14.6 Å². The minimum absolute atomic E-state index is 0.0559. The highest BCUT2D eigenvalue weighted by Crippen LogP contribution is 2.20. The van der Waals surface area contributed by atoms with Crippen molar-refractivity contribution < 1.29 is 30.0 Å². The number of rotatable bonds is 9. The third-order valence-corrected chi connectivity index (χ3v) is 7.53. The Morgan fingerprint density at radius 2 is 1.48 bits per heavy atom. The monoisotopic (exact) mass is 463 g/mol. The van der Waals surface area contributed by atoms with Crippen molar-refractivity contribution in [3.63, 3.8) is 0 Å². The Bertz CT molecular complexity index is 1180. The third-order valence-electron chi connectivity index (χ3n) is 3.63. The van der Waals surface area contributed by atoms with Gasteiger partial charge in [-0.2, -0.15) is 0 Å². The van der Waals surface area contributed by atoms with Crippen molar-refractivity contribution in [1.82, 2.24) is 4.72 Å². The van der Waals surface area contributed by atoms with Crippen molar-refractivity contribution in [2.24, 2.45) is 5.14 Å². The van der Waals surface area contributed by atoms with Gasteiger partial charge in [0.15, 0.2) is 0 Å². The van der Waals surface area contributed by atoms with E-state index in [0.29, 0.717) is 0 Å². The van der Waals surface area contributed by atoms with E-state index in [1.165, 1.54) is 49.6 Å². The molecule has 0 saturated heterocycles. The van der Waals surface area contributed by atoms with Crippen molar-refractivity contribution in [2.75, 3.05) is 18.4 Å². The molecule has 0 amide bonds. The Labute approximate surface area is 170 Å². The van der Waals surface area contributed by atoms with Gasteiger partial charge in [-0.3, -0.25) is 4.72 Å². The van der Waals surface area contributed by atoms with Gasteiger partial charge in [0.05, 0.1) is 21.3 Å². The molecule has 10 nitrogen and oxygen atoms in total. The Kier molecular flexibility index (Phi) is 7.03. The van der Waals surface area contributed by atoms with Gasteiger partial charge in [0.1, 0.15) is 0 Å². The van der Waals surface area contributed by atoms with E-state index in [-0.39, 0.29) is 27.0 Å². The number of ether oxygens (including phenoxy) is 1. The molecule has 4 N–H and O–H groups in total. The molecule has 0 heterocycles. The molecule has 0 aromatic heterocycles. The predicted octanol–water partition coefficient (Wildman–Crippen LogP) is 0.448. The maximum absolute atomic E-state index is 12.5. The topological polar surface area (TPSA) is 162 Å². The fourth-order valence-corrected chi connectivity index (χ4v) is 5.32. The number of sulfonamides is 3. The molecule has 1 atom stereocenters. The summed E-state index contributed by atoms with van der Waals surface area (Å²) in [5.74, 6) is 0. The lowest BCUT2D eigenvalue weighted by Gasteiger charge is -2.14. The van der Waals surface area contributed by atoms with Crippen molar-refractivity contribution in [2.45, 2.75) is 27.7 Å². The lowest BCUT2D eigenvalue weighted by atomic mass is 10.3. The van der Waals surface area contributed by atoms with Crippen molar-refractivity contribution in [3.05, 3.63) is 48.5 Å². The molecule has 0 radical (unpaired) electrons. The summed E-state index contributed by atoms with van der Waals surface area (Å²) in [6.45, 7) is 1.83. The van der Waals surface area contributed by atoms with E-state index in [9.17, 15) is 25.3 Å². The molecule has 0 aliphatic carbocycles. The summed E-state index contributed by atoms with van der Waals surface area (Å²) in [7, 11) is -10.5. The van der Waals surface area contributed by atoms with E-state index in [4.69, 9.17) is 9.88 Å². The van der Waals surface area contributed by atoms with Crippen LogP contribution in [0.2, 0.25) is 0 Å². The maximum Gasteiger partial charge on any atom is 0.261 e. The molecule has 13 heteroatoms. The van der Waals surface area contributed by atoms with Crippen LogP contribution in [-0.2, 0) is 34.8 Å². The zero-order chi connectivity index (χ0) is 21.9. The van der Waals surface area contributed by atoms with E-state index in [2.05, 4.69) is 9.44 Å². The van der Waals surface area contributed by atoms with Gasteiger partial charge in [-0.25, -0.2) is 35.1 Å². The van der Waals surface area contributed by atoms with Gasteiger partial charge < -0.3 is 4.74 Å². The van der Waals surface area contributed by atoms with E-state index in [1.54, 1.807) is 6.92 Å². The molecular formula is C16H21N3O7S3. The Morgan fingerprint density at radius 1 is 0.897 bits per heavy atom. The second-order valence-electron chi connectivity index (χ2n) is 6.13. The summed E-state index contributed by atoms with van der Waals surface area (Å²) in [4.78, 5) is -0.714. The number of hydrogen-bond donors (Lipinski definition) is 3. The first-order chi connectivity index (χ1) is 13.3. The Hall–Kier alpha value is -2.03. The molecule has 0 saturated carbocycles. The number of nitrogens with one attached hydrogen (secondary N) is 2. The van der Waals surface area contributed by atoms with E-state index in [0.717, 1.165) is 6.07 Å². The minimum atomic E-state index is -4.12. The van der Waals surface area contributed by atoms with Crippen LogP contribution in [0.25, 0.3) is 0 Å². The molecule has 0 fully saturated rings. The van der Waals surface area contributed by atoms with Crippen LogP contribution >= 0.6 is 0 Å². The lowest BCUT2D eigenvalue weighted by Crippen LogP contribution is -2.35. The Balaban J connectivity index is 2.23. The van der Waals surface area contributed by atoms with Crippen LogP contribution in [0.4, 0.5) is 5.69 Å². The molecule has 2 rings (SSSR count). The van der Waals surface area contributed by atoms with Gasteiger partial charge in [0, 0.05) is 18.8 Å². The standard InChI is InChI=1S/C16H21N3O7S3/c1-12(11-26-2)18-28(22,23)14-8-6-13(7-9-14)19-29(24,25)16-5-3-4-15(10-16)27(17,20)21/h3-10,12,18-19H,11H2,1-2H3,(H2,17,20,21). The number of nitrogens with two attached hydrogens (primary N) is 1. The number of anilines is 1. The first-order valence-corrected chi connectivity index (χ1v) is 12.6. The SMILES string of the molecule is COCC(C)NS(=O)(=O)c1ccc(NS(=O)(=O)c2cccc(S(N)(=O)=O)c2)cc1. The predicted molar refractivity (Wildman–Crippen MR) is 107 cm³/mol. The van der Waals surface area contributed by atoms with Gasteiger partial charge >= 0.3 is 0 Å². The summed E-state index contributed by atoms with van der Waals surface area (Å²) in [6.07, 6.45) is 0. The largest absolute Gasteiger partial charge is 0.383 e. The first kappa shape index (κ1) is 23.3. The molecule has 2 aromatic rings. The van der Waals surface area contributed by atoms with Crippen LogP contribution in [0, 0.1) is 0 Å². The molecule has 0 aliphatic heterocycles. The zero-order valence-electron chi connectivity index (χ0n) is 15.6. The van der Waals surface area contributed by atoms with Gasteiger partial charge in [0.25, 0.3) is 10.0 Å². The molecule has 0 bridgehead atoms. The minimum Gasteiger partial charge on any atom is -0.383 e. The summed E-state index contributed by atoms with van der Waals surface area (Å²) >= 11 is 0. The quantitative estimate of drug-likeness (QED) is 0.486. The fourth-order valence-electron chi connectivity index (χ4n) is 2.35.